The van der Waals surface area contributed by atoms with Crippen molar-refractivity contribution in [3.05, 3.63) is 130 Å². The van der Waals surface area contributed by atoms with Crippen LogP contribution in [-0.4, -0.2) is 0 Å². The average molecular weight is 445 g/mol. The van der Waals surface area contributed by atoms with Gasteiger partial charge in [0.1, 0.15) is 29.0 Å². The molecule has 0 aliphatic heterocycles. The third kappa shape index (κ3) is 4.18. The minimum atomic E-state index is -0.164. The highest BCUT2D eigenvalue weighted by Crippen LogP contribution is 2.38. The second kappa shape index (κ2) is 8.50. The van der Waals surface area contributed by atoms with Gasteiger partial charge in [-0.15, -0.1) is 0 Å². The molecular formula is C27H18Cl2O2. The fourth-order valence-corrected chi connectivity index (χ4v) is 3.92. The van der Waals surface area contributed by atoms with Crippen LogP contribution in [0.2, 0.25) is 10.0 Å². The molecule has 0 N–H and O–H groups in total. The number of hydrogen-bond donors (Lipinski definition) is 0. The Balaban J connectivity index is 1.55. The molecule has 0 saturated carbocycles. The van der Waals surface area contributed by atoms with E-state index in [9.17, 15) is 0 Å². The minimum absolute atomic E-state index is 0.164. The lowest BCUT2D eigenvalue weighted by atomic mass is 9.94. The van der Waals surface area contributed by atoms with Gasteiger partial charge < -0.3 is 8.83 Å². The van der Waals surface area contributed by atoms with Gasteiger partial charge in [0.15, 0.2) is 0 Å². The summed E-state index contributed by atoms with van der Waals surface area (Å²) in [6, 6.07) is 33.4. The van der Waals surface area contributed by atoms with Gasteiger partial charge in [0, 0.05) is 21.2 Å². The lowest BCUT2D eigenvalue weighted by Crippen LogP contribution is -2.00. The predicted octanol–water partition coefficient (Wildman–Crippen LogP) is 8.69. The molecule has 0 spiro atoms. The molecule has 4 heteroatoms. The summed E-state index contributed by atoms with van der Waals surface area (Å²) in [4.78, 5) is 0. The molecule has 3 aromatic carbocycles. The van der Waals surface area contributed by atoms with E-state index in [4.69, 9.17) is 32.0 Å². The number of benzene rings is 3. The number of halogens is 2. The first-order chi connectivity index (χ1) is 15.2. The third-order valence-electron chi connectivity index (χ3n) is 5.21. The summed E-state index contributed by atoms with van der Waals surface area (Å²) in [5.74, 6) is 3.04. The smallest absolute Gasteiger partial charge is 0.134 e. The maximum Gasteiger partial charge on any atom is 0.134 e. The van der Waals surface area contributed by atoms with E-state index in [-0.39, 0.29) is 5.92 Å². The Morgan fingerprint density at radius 3 is 1.39 bits per heavy atom. The van der Waals surface area contributed by atoms with Crippen LogP contribution < -0.4 is 0 Å². The molecule has 5 rings (SSSR count). The van der Waals surface area contributed by atoms with Crippen molar-refractivity contribution < 1.29 is 8.83 Å². The summed E-state index contributed by atoms with van der Waals surface area (Å²) < 4.78 is 12.6. The molecular weight excluding hydrogens is 427 g/mol. The Hall–Kier alpha value is -3.20. The molecule has 0 unspecified atom stereocenters. The van der Waals surface area contributed by atoms with Gasteiger partial charge in [-0.1, -0.05) is 53.5 Å². The van der Waals surface area contributed by atoms with Crippen molar-refractivity contribution in [2.24, 2.45) is 0 Å². The van der Waals surface area contributed by atoms with Gasteiger partial charge in [-0.2, -0.15) is 0 Å². The molecule has 2 heterocycles. The maximum absolute atomic E-state index is 6.29. The third-order valence-corrected chi connectivity index (χ3v) is 5.72. The van der Waals surface area contributed by atoms with Crippen LogP contribution in [0.15, 0.2) is 112 Å². The SMILES string of the molecule is Clc1ccc(-c2ccc(C(c3ccccc3)c3ccc(-c4ccc(Cl)cc4)o3)o2)cc1. The summed E-state index contributed by atoms with van der Waals surface area (Å²) in [6.45, 7) is 0. The van der Waals surface area contributed by atoms with Gasteiger partial charge in [-0.25, -0.2) is 0 Å². The second-order valence-corrected chi connectivity index (χ2v) is 8.13. The monoisotopic (exact) mass is 444 g/mol. The molecule has 31 heavy (non-hydrogen) atoms. The molecule has 152 valence electrons. The molecule has 0 aliphatic carbocycles. The molecule has 0 fully saturated rings. The number of hydrogen-bond acceptors (Lipinski definition) is 2. The van der Waals surface area contributed by atoms with E-state index in [0.717, 1.165) is 39.7 Å². The standard InChI is InChI=1S/C27H18Cl2O2/c28-21-10-6-18(7-11-21)23-14-16-25(30-23)27(20-4-2-1-3-5-20)26-17-15-24(31-26)19-8-12-22(29)13-9-19/h1-17,27H. The average Bonchev–Trinajstić information content (AvgIpc) is 3.47. The zero-order valence-electron chi connectivity index (χ0n) is 16.5. The van der Waals surface area contributed by atoms with E-state index in [2.05, 4.69) is 12.1 Å². The van der Waals surface area contributed by atoms with E-state index in [0.29, 0.717) is 10.0 Å². The molecule has 0 radical (unpaired) electrons. The van der Waals surface area contributed by atoms with Crippen LogP contribution in [0.25, 0.3) is 22.6 Å². The maximum atomic E-state index is 6.29. The predicted molar refractivity (Wildman–Crippen MR) is 126 cm³/mol. The fourth-order valence-electron chi connectivity index (χ4n) is 3.67. The Bertz CT molecular complexity index is 1200. The highest BCUT2D eigenvalue weighted by Gasteiger charge is 2.24. The Kier molecular flexibility index (Phi) is 5.42. The van der Waals surface area contributed by atoms with E-state index >= 15 is 0 Å². The van der Waals surface area contributed by atoms with Gasteiger partial charge in [0.25, 0.3) is 0 Å². The Labute approximate surface area is 190 Å². The van der Waals surface area contributed by atoms with Crippen molar-refractivity contribution in [3.63, 3.8) is 0 Å². The topological polar surface area (TPSA) is 26.3 Å². The number of rotatable bonds is 5. The van der Waals surface area contributed by atoms with Gasteiger partial charge in [0.05, 0.1) is 0 Å². The van der Waals surface area contributed by atoms with Crippen LogP contribution in [0.3, 0.4) is 0 Å². The van der Waals surface area contributed by atoms with Gasteiger partial charge in [0.2, 0.25) is 0 Å². The second-order valence-electron chi connectivity index (χ2n) is 7.26. The Morgan fingerprint density at radius 2 is 0.935 bits per heavy atom. The van der Waals surface area contributed by atoms with Gasteiger partial charge in [-0.05, 0) is 78.4 Å². The highest BCUT2D eigenvalue weighted by molar-refractivity contribution is 6.30. The van der Waals surface area contributed by atoms with E-state index in [1.165, 1.54) is 0 Å². The molecule has 2 nitrogen and oxygen atoms in total. The molecule has 0 amide bonds. The van der Waals surface area contributed by atoms with Gasteiger partial charge in [-0.3, -0.25) is 0 Å². The van der Waals surface area contributed by atoms with E-state index in [1.54, 1.807) is 0 Å². The van der Waals surface area contributed by atoms with Crippen LogP contribution >= 0.6 is 23.2 Å². The van der Waals surface area contributed by atoms with Crippen LogP contribution in [0.1, 0.15) is 23.0 Å². The van der Waals surface area contributed by atoms with Crippen molar-refractivity contribution in [2.75, 3.05) is 0 Å². The van der Waals surface area contributed by atoms with Crippen molar-refractivity contribution in [2.45, 2.75) is 5.92 Å². The normalized spacial score (nSPS) is 11.2. The zero-order valence-corrected chi connectivity index (χ0v) is 18.0. The minimum Gasteiger partial charge on any atom is -0.460 e. The summed E-state index contributed by atoms with van der Waals surface area (Å²) in [5, 5.41) is 1.39. The van der Waals surface area contributed by atoms with Crippen molar-refractivity contribution in [3.8, 4) is 22.6 Å². The van der Waals surface area contributed by atoms with Crippen LogP contribution in [0.4, 0.5) is 0 Å². The molecule has 5 aromatic rings. The first-order valence-electron chi connectivity index (χ1n) is 9.94. The lowest BCUT2D eigenvalue weighted by molar-refractivity contribution is 0.461. The van der Waals surface area contributed by atoms with Crippen LogP contribution in [0.5, 0.6) is 0 Å². The highest BCUT2D eigenvalue weighted by atomic mass is 35.5. The van der Waals surface area contributed by atoms with Gasteiger partial charge >= 0.3 is 0 Å². The Morgan fingerprint density at radius 1 is 0.484 bits per heavy atom. The first-order valence-corrected chi connectivity index (χ1v) is 10.7. The van der Waals surface area contributed by atoms with Crippen LogP contribution in [-0.2, 0) is 0 Å². The molecule has 0 aliphatic rings. The van der Waals surface area contributed by atoms with Crippen molar-refractivity contribution >= 4 is 23.2 Å². The molecule has 0 atom stereocenters. The number of furan rings is 2. The van der Waals surface area contributed by atoms with E-state index in [1.807, 2.05) is 91.0 Å². The van der Waals surface area contributed by atoms with Crippen molar-refractivity contribution in [1.29, 1.82) is 0 Å². The summed E-state index contributed by atoms with van der Waals surface area (Å²) in [6.07, 6.45) is 0. The quantitative estimate of drug-likeness (QED) is 0.270. The largest absolute Gasteiger partial charge is 0.460 e. The lowest BCUT2D eigenvalue weighted by Gasteiger charge is -2.13. The van der Waals surface area contributed by atoms with E-state index < -0.39 is 0 Å². The summed E-state index contributed by atoms with van der Waals surface area (Å²) >= 11 is 12.1. The van der Waals surface area contributed by atoms with Crippen molar-refractivity contribution in [1.82, 2.24) is 0 Å². The fraction of sp³-hybridized carbons (Fsp3) is 0.0370. The zero-order chi connectivity index (χ0) is 21.2. The molecule has 2 aromatic heterocycles. The van der Waals surface area contributed by atoms with Crippen LogP contribution in [0, 0.1) is 0 Å². The summed E-state index contributed by atoms with van der Waals surface area (Å²) in [5.41, 5.74) is 3.05. The summed E-state index contributed by atoms with van der Waals surface area (Å²) in [7, 11) is 0. The first kappa shape index (κ1) is 19.7. The molecule has 0 saturated heterocycles. The molecule has 0 bridgehead atoms.